The van der Waals surface area contributed by atoms with Crippen LogP contribution in [0.3, 0.4) is 0 Å². The lowest BCUT2D eigenvalue weighted by molar-refractivity contribution is -0.113. The average molecular weight is 471 g/mol. The molecule has 0 fully saturated rings. The second-order valence-corrected chi connectivity index (χ2v) is 8.83. The normalized spacial score (nSPS) is 11.2. The van der Waals surface area contributed by atoms with Crippen LogP contribution >= 0.6 is 11.8 Å². The molecule has 0 spiro atoms. The van der Waals surface area contributed by atoms with Crippen LogP contribution < -0.4 is 10.9 Å². The van der Waals surface area contributed by atoms with E-state index in [1.165, 1.54) is 24.2 Å². The minimum atomic E-state index is -0.264. The number of fused-ring (bicyclic) bond motifs is 2. The Hall–Kier alpha value is -3.98. The van der Waals surface area contributed by atoms with E-state index in [2.05, 4.69) is 31.3 Å². The van der Waals surface area contributed by atoms with Gasteiger partial charge in [0.2, 0.25) is 5.91 Å². The van der Waals surface area contributed by atoms with Crippen LogP contribution in [0.15, 0.2) is 77.1 Å². The third-order valence-electron chi connectivity index (χ3n) is 5.51. The molecule has 170 valence electrons. The van der Waals surface area contributed by atoms with Crippen LogP contribution in [-0.4, -0.2) is 36.2 Å². The molecule has 2 N–H and O–H groups in total. The van der Waals surface area contributed by atoms with Crippen molar-refractivity contribution in [2.45, 2.75) is 25.0 Å². The smallest absolute Gasteiger partial charge is 0.282 e. The van der Waals surface area contributed by atoms with E-state index >= 15 is 0 Å². The summed E-state index contributed by atoms with van der Waals surface area (Å²) in [6.45, 7) is 2.40. The number of H-pyrrole nitrogens is 1. The number of aromatic amines is 1. The molecule has 1 amide bonds. The maximum Gasteiger partial charge on any atom is 0.282 e. The zero-order chi connectivity index (χ0) is 23.5. The van der Waals surface area contributed by atoms with Gasteiger partial charge in [-0.25, -0.2) is 15.0 Å². The molecule has 0 unspecified atom stereocenters. The Morgan fingerprint density at radius 3 is 2.74 bits per heavy atom. The summed E-state index contributed by atoms with van der Waals surface area (Å²) in [5.41, 5.74) is 4.23. The lowest BCUT2D eigenvalue weighted by Crippen LogP contribution is -2.26. The maximum atomic E-state index is 13.2. The van der Waals surface area contributed by atoms with E-state index < -0.39 is 0 Å². The van der Waals surface area contributed by atoms with Crippen LogP contribution in [-0.2, 0) is 17.8 Å². The number of thioether (sulfide) groups is 1. The Balaban J connectivity index is 1.39. The number of amides is 1. The second-order valence-electron chi connectivity index (χ2n) is 7.89. The van der Waals surface area contributed by atoms with Crippen molar-refractivity contribution in [2.24, 2.45) is 0 Å². The highest BCUT2D eigenvalue weighted by Gasteiger charge is 2.16. The monoisotopic (exact) mass is 470 g/mol. The Morgan fingerprint density at radius 2 is 1.88 bits per heavy atom. The summed E-state index contributed by atoms with van der Waals surface area (Å²) in [5, 5.41) is 4.44. The first-order valence-corrected chi connectivity index (χ1v) is 11.8. The Labute approximate surface area is 199 Å². The van der Waals surface area contributed by atoms with Gasteiger partial charge in [0, 0.05) is 41.7 Å². The molecule has 5 rings (SSSR count). The van der Waals surface area contributed by atoms with Crippen molar-refractivity contribution in [2.75, 3.05) is 11.1 Å². The van der Waals surface area contributed by atoms with Crippen LogP contribution in [0.25, 0.3) is 22.1 Å². The van der Waals surface area contributed by atoms with E-state index in [9.17, 15) is 9.59 Å². The fourth-order valence-corrected chi connectivity index (χ4v) is 4.58. The van der Waals surface area contributed by atoms with Crippen LogP contribution in [0.1, 0.15) is 11.1 Å². The molecule has 0 aliphatic carbocycles. The van der Waals surface area contributed by atoms with Gasteiger partial charge in [-0.3, -0.25) is 14.2 Å². The number of carbonyl (C=O) groups is 1. The molecule has 5 aromatic rings. The number of rotatable bonds is 7. The molecule has 0 aliphatic rings. The number of aromatic nitrogens is 5. The number of nitrogens with one attached hydrogen (secondary N) is 2. The number of aryl methyl sites for hydroxylation is 2. The highest BCUT2D eigenvalue weighted by molar-refractivity contribution is 7.99. The molecule has 0 atom stereocenters. The molecule has 3 aromatic heterocycles. The first kappa shape index (κ1) is 21.8. The zero-order valence-corrected chi connectivity index (χ0v) is 19.3. The number of anilines is 1. The van der Waals surface area contributed by atoms with Crippen molar-refractivity contribution >= 4 is 45.4 Å². The molecule has 0 radical (unpaired) electrons. The van der Waals surface area contributed by atoms with E-state index in [4.69, 9.17) is 0 Å². The number of hydrogen-bond donors (Lipinski definition) is 2. The first-order chi connectivity index (χ1) is 16.6. The van der Waals surface area contributed by atoms with Gasteiger partial charge < -0.3 is 10.3 Å². The third kappa shape index (κ3) is 4.55. The molecule has 9 heteroatoms. The van der Waals surface area contributed by atoms with Gasteiger partial charge in [0.25, 0.3) is 5.56 Å². The molecule has 2 aromatic carbocycles. The van der Waals surface area contributed by atoms with E-state index in [0.717, 1.165) is 27.7 Å². The summed E-state index contributed by atoms with van der Waals surface area (Å²) < 4.78 is 1.59. The lowest BCUT2D eigenvalue weighted by Gasteiger charge is -2.12. The second kappa shape index (κ2) is 9.48. The summed E-state index contributed by atoms with van der Waals surface area (Å²) in [7, 11) is 0. The van der Waals surface area contributed by atoms with Crippen LogP contribution in [0.4, 0.5) is 5.69 Å². The van der Waals surface area contributed by atoms with Gasteiger partial charge in [-0.1, -0.05) is 47.7 Å². The summed E-state index contributed by atoms with van der Waals surface area (Å²) in [5.74, 6) is -0.0652. The highest BCUT2D eigenvalue weighted by Crippen LogP contribution is 2.21. The molecule has 0 saturated heterocycles. The Kier molecular flexibility index (Phi) is 6.09. The van der Waals surface area contributed by atoms with Gasteiger partial charge in [-0.2, -0.15) is 0 Å². The van der Waals surface area contributed by atoms with Gasteiger partial charge >= 0.3 is 0 Å². The largest absolute Gasteiger partial charge is 0.361 e. The number of carbonyl (C=O) groups excluding carboxylic acids is 1. The van der Waals surface area contributed by atoms with Gasteiger partial charge in [0.15, 0.2) is 16.3 Å². The van der Waals surface area contributed by atoms with Gasteiger partial charge in [0.1, 0.15) is 0 Å². The molecular weight excluding hydrogens is 448 g/mol. The summed E-state index contributed by atoms with van der Waals surface area (Å²) in [6, 6.07) is 15.6. The predicted molar refractivity (Wildman–Crippen MR) is 134 cm³/mol. The third-order valence-corrected chi connectivity index (χ3v) is 6.48. The van der Waals surface area contributed by atoms with Gasteiger partial charge in [0.05, 0.1) is 5.75 Å². The summed E-state index contributed by atoms with van der Waals surface area (Å²) in [6.07, 6.45) is 5.58. The summed E-state index contributed by atoms with van der Waals surface area (Å²) >= 11 is 1.21. The van der Waals surface area contributed by atoms with E-state index in [0.29, 0.717) is 18.1 Å². The number of para-hydroxylation sites is 1. The topological polar surface area (TPSA) is 106 Å². The minimum absolute atomic E-state index is 0.110. The zero-order valence-electron chi connectivity index (χ0n) is 18.5. The molecular formula is C25H22N6O2S. The highest BCUT2D eigenvalue weighted by atomic mass is 32.2. The maximum absolute atomic E-state index is 13.2. The minimum Gasteiger partial charge on any atom is -0.361 e. The van der Waals surface area contributed by atoms with Crippen LogP contribution in [0.5, 0.6) is 0 Å². The van der Waals surface area contributed by atoms with E-state index in [1.807, 2.05) is 55.6 Å². The first-order valence-electron chi connectivity index (χ1n) is 10.8. The average Bonchev–Trinajstić information content (AvgIpc) is 3.27. The van der Waals surface area contributed by atoms with E-state index in [-0.39, 0.29) is 28.4 Å². The number of nitrogens with zero attached hydrogens (tertiary/aromatic N) is 4. The van der Waals surface area contributed by atoms with Gasteiger partial charge in [-0.05, 0) is 37.1 Å². The van der Waals surface area contributed by atoms with Gasteiger partial charge in [-0.15, -0.1) is 0 Å². The molecule has 0 saturated carbocycles. The fraction of sp³-hybridized carbons (Fsp3) is 0.160. The van der Waals surface area contributed by atoms with Crippen molar-refractivity contribution in [1.29, 1.82) is 0 Å². The van der Waals surface area contributed by atoms with Crippen molar-refractivity contribution in [1.82, 2.24) is 24.5 Å². The van der Waals surface area contributed by atoms with Crippen molar-refractivity contribution in [3.63, 3.8) is 0 Å². The van der Waals surface area contributed by atoms with Crippen LogP contribution in [0, 0.1) is 6.92 Å². The molecule has 0 aliphatic heterocycles. The molecule has 34 heavy (non-hydrogen) atoms. The predicted octanol–water partition coefficient (Wildman–Crippen LogP) is 3.95. The quantitative estimate of drug-likeness (QED) is 0.276. The van der Waals surface area contributed by atoms with Crippen molar-refractivity contribution in [3.05, 3.63) is 88.6 Å². The summed E-state index contributed by atoms with van der Waals surface area (Å²) in [4.78, 5) is 42.0. The Bertz CT molecular complexity index is 1540. The SMILES string of the molecule is Cc1ccc(NC(=O)CSc2nc3nccnc3c(=O)n2CCc2c[nH]c3ccccc23)cc1. The number of benzene rings is 2. The van der Waals surface area contributed by atoms with E-state index in [1.54, 1.807) is 4.57 Å². The Morgan fingerprint density at radius 1 is 1.09 bits per heavy atom. The van der Waals surface area contributed by atoms with Crippen molar-refractivity contribution in [3.8, 4) is 0 Å². The van der Waals surface area contributed by atoms with Crippen LogP contribution in [0.2, 0.25) is 0 Å². The standard InChI is InChI=1S/C25H22N6O2S/c1-16-6-8-18(9-7-16)29-21(32)15-34-25-30-23-22(26-11-12-27-23)24(33)31(25)13-10-17-14-28-20-5-3-2-4-19(17)20/h2-9,11-12,14,28H,10,13,15H2,1H3,(H,29,32). The fourth-order valence-electron chi connectivity index (χ4n) is 3.77. The van der Waals surface area contributed by atoms with Crippen molar-refractivity contribution < 1.29 is 4.79 Å². The lowest BCUT2D eigenvalue weighted by atomic mass is 10.1. The molecule has 3 heterocycles. The molecule has 0 bridgehead atoms. The number of hydrogen-bond acceptors (Lipinski definition) is 6. The molecule has 8 nitrogen and oxygen atoms in total.